The van der Waals surface area contributed by atoms with Crippen LogP contribution in [0.1, 0.15) is 74.6 Å². The molecule has 2 atom stereocenters. The smallest absolute Gasteiger partial charge is 0.413 e. The molecule has 3 aromatic rings. The van der Waals surface area contributed by atoms with Crippen molar-refractivity contribution >= 4 is 62.9 Å². The van der Waals surface area contributed by atoms with Crippen molar-refractivity contribution in [2.75, 3.05) is 31.9 Å². The normalized spacial score (nSPS) is 17.9. The van der Waals surface area contributed by atoms with Crippen LogP contribution < -0.4 is 10.5 Å². The summed E-state index contributed by atoms with van der Waals surface area (Å²) < 4.78 is 55.7. The van der Waals surface area contributed by atoms with Gasteiger partial charge in [0.2, 0.25) is 22.6 Å². The van der Waals surface area contributed by atoms with Crippen LogP contribution in [0.2, 0.25) is 10.0 Å². The van der Waals surface area contributed by atoms with E-state index in [4.69, 9.17) is 56.4 Å². The molecule has 0 spiro atoms. The highest BCUT2D eigenvalue weighted by atomic mass is 35.5. The molecule has 0 saturated carbocycles. The Morgan fingerprint density at radius 3 is 2.31 bits per heavy atom. The number of benzene rings is 2. The fourth-order valence-corrected chi connectivity index (χ4v) is 6.96. The molecule has 1 aliphatic heterocycles. The number of nitrogens with one attached hydrogen (secondary N) is 1. The topological polar surface area (TPSA) is 223 Å². The van der Waals surface area contributed by atoms with E-state index in [9.17, 15) is 32.7 Å². The van der Waals surface area contributed by atoms with Gasteiger partial charge in [0, 0.05) is 10.6 Å². The number of furan rings is 1. The van der Waals surface area contributed by atoms with Crippen LogP contribution >= 0.6 is 23.2 Å². The summed E-state index contributed by atoms with van der Waals surface area (Å²) in [6.45, 7) is 4.50. The van der Waals surface area contributed by atoms with Crippen molar-refractivity contribution in [3.8, 4) is 0 Å². The van der Waals surface area contributed by atoms with Crippen LogP contribution in [0.25, 0.3) is 0 Å². The molecule has 4 rings (SSSR count). The monoisotopic (exact) mass is 827 g/mol. The number of esters is 3. The number of ether oxygens (including phenoxy) is 5. The van der Waals surface area contributed by atoms with Crippen molar-refractivity contribution in [2.45, 2.75) is 81.7 Å². The van der Waals surface area contributed by atoms with Gasteiger partial charge in [-0.1, -0.05) is 35.3 Å². The summed E-state index contributed by atoms with van der Waals surface area (Å²) >= 11 is 12.2. The Morgan fingerprint density at radius 2 is 1.65 bits per heavy atom. The first-order valence-electron chi connectivity index (χ1n) is 17.1. The van der Waals surface area contributed by atoms with Crippen molar-refractivity contribution in [1.82, 2.24) is 4.90 Å². The minimum absolute atomic E-state index is 0.0150. The van der Waals surface area contributed by atoms with E-state index in [2.05, 4.69) is 5.32 Å². The molecule has 300 valence electrons. The van der Waals surface area contributed by atoms with Crippen LogP contribution in [0.5, 0.6) is 0 Å². The van der Waals surface area contributed by atoms with Crippen molar-refractivity contribution in [3.05, 3.63) is 81.7 Å². The molecule has 1 fully saturated rings. The average molecular weight is 829 g/mol. The zero-order valence-corrected chi connectivity index (χ0v) is 32.7. The number of halogens is 2. The SMILES string of the molecule is C[C@@H]1N(C(=O)OCOC(=O)CCC(=O)OCCCCCOC(=O)c2cc(S(N)(=O)=O)c(Cl)cc2NCc2ccco2)C(C)(C)CO[C@@]1(O)c1cccc(Cl)c1. The molecule has 1 aliphatic rings. The van der Waals surface area contributed by atoms with E-state index in [1.54, 1.807) is 51.1 Å². The molecule has 0 radical (unpaired) electrons. The predicted octanol–water partition coefficient (Wildman–Crippen LogP) is 5.48. The van der Waals surface area contributed by atoms with Gasteiger partial charge in [0.25, 0.3) is 0 Å². The Bertz CT molecular complexity index is 1940. The Balaban J connectivity index is 1.13. The van der Waals surface area contributed by atoms with Gasteiger partial charge in [-0.05, 0) is 76.4 Å². The Hall–Kier alpha value is -4.39. The Labute approximate surface area is 328 Å². The van der Waals surface area contributed by atoms with Gasteiger partial charge in [0.15, 0.2) is 0 Å². The molecule has 2 heterocycles. The number of carbonyl (C=O) groups excluding carboxylic acids is 4. The van der Waals surface area contributed by atoms with E-state index >= 15 is 0 Å². The first kappa shape index (κ1) is 43.3. The number of unbranched alkanes of at least 4 members (excludes halogenated alkanes) is 2. The van der Waals surface area contributed by atoms with E-state index < -0.39 is 63.1 Å². The van der Waals surface area contributed by atoms with Gasteiger partial charge < -0.3 is 38.5 Å². The molecule has 0 unspecified atom stereocenters. The molecule has 19 heteroatoms. The lowest BCUT2D eigenvalue weighted by molar-refractivity contribution is -0.295. The average Bonchev–Trinajstić information content (AvgIpc) is 3.64. The fourth-order valence-electron chi connectivity index (χ4n) is 5.67. The number of nitrogens with zero attached hydrogens (tertiary/aromatic N) is 1. The molecular formula is C36H43Cl2N3O13S. The summed E-state index contributed by atoms with van der Waals surface area (Å²) in [5.41, 5.74) is -0.415. The number of hydrogen-bond donors (Lipinski definition) is 3. The molecule has 1 saturated heterocycles. The van der Waals surface area contributed by atoms with Crippen LogP contribution in [-0.2, 0) is 55.6 Å². The summed E-state index contributed by atoms with van der Waals surface area (Å²) in [6, 6.07) is 11.2. The number of hydrogen-bond acceptors (Lipinski definition) is 14. The number of rotatable bonds is 17. The van der Waals surface area contributed by atoms with Crippen molar-refractivity contribution in [3.63, 3.8) is 0 Å². The molecule has 0 bridgehead atoms. The molecule has 2 aromatic carbocycles. The molecular weight excluding hydrogens is 785 g/mol. The predicted molar refractivity (Wildman–Crippen MR) is 197 cm³/mol. The maximum Gasteiger partial charge on any atom is 0.413 e. The van der Waals surface area contributed by atoms with Crippen molar-refractivity contribution in [2.24, 2.45) is 5.14 Å². The molecule has 1 aromatic heterocycles. The van der Waals surface area contributed by atoms with Gasteiger partial charge in [-0.3, -0.25) is 14.5 Å². The number of anilines is 1. The third kappa shape index (κ3) is 11.8. The molecule has 16 nitrogen and oxygen atoms in total. The van der Waals surface area contributed by atoms with Crippen LogP contribution in [0, 0.1) is 0 Å². The lowest BCUT2D eigenvalue weighted by Crippen LogP contribution is -2.66. The quantitative estimate of drug-likeness (QED) is 0.0664. The first-order valence-corrected chi connectivity index (χ1v) is 19.4. The third-order valence-corrected chi connectivity index (χ3v) is 10.1. The Morgan fingerprint density at radius 1 is 0.964 bits per heavy atom. The maximum absolute atomic E-state index is 13.1. The van der Waals surface area contributed by atoms with E-state index in [1.807, 2.05) is 0 Å². The van der Waals surface area contributed by atoms with E-state index in [-0.39, 0.29) is 55.5 Å². The number of amides is 1. The van der Waals surface area contributed by atoms with Gasteiger partial charge in [0.05, 0.1) is 73.3 Å². The van der Waals surface area contributed by atoms with Gasteiger partial charge in [-0.25, -0.2) is 23.1 Å². The summed E-state index contributed by atoms with van der Waals surface area (Å²) in [5.74, 6) is -3.58. The zero-order chi connectivity index (χ0) is 40.4. The standard InChI is InChI=1S/C36H43Cl2N3O13S/c1-23-36(46,24-9-7-10-25(37)17-24)54-21-35(2,3)41(23)34(45)53-22-52-32(43)13-12-31(42)50-14-5-4-6-15-51-33(44)27-18-30(55(39,47)48)28(38)19-29(27)40-20-26-11-8-16-49-26/h7-11,16-19,23,40,46H,4-6,12-15,20-22H2,1-3H3,(H2,39,47,48)/t23-,36+/m0/s1. The van der Waals surface area contributed by atoms with Gasteiger partial charge in [-0.15, -0.1) is 0 Å². The Kier molecular flexibility index (Phi) is 14.9. The van der Waals surface area contributed by atoms with Crippen molar-refractivity contribution < 1.29 is 60.8 Å². The number of carbonyl (C=O) groups is 4. The number of aliphatic hydroxyl groups is 1. The van der Waals surface area contributed by atoms with Gasteiger partial charge in [0.1, 0.15) is 10.7 Å². The van der Waals surface area contributed by atoms with Crippen LogP contribution in [0.3, 0.4) is 0 Å². The zero-order valence-electron chi connectivity index (χ0n) is 30.4. The van der Waals surface area contributed by atoms with Crippen LogP contribution in [0.15, 0.2) is 64.1 Å². The van der Waals surface area contributed by atoms with Gasteiger partial charge in [-0.2, -0.15) is 0 Å². The number of nitrogens with two attached hydrogens (primary N) is 1. The fraction of sp³-hybridized carbons (Fsp3) is 0.444. The second-order valence-electron chi connectivity index (χ2n) is 13.1. The van der Waals surface area contributed by atoms with E-state index in [0.29, 0.717) is 35.6 Å². The molecule has 55 heavy (non-hydrogen) atoms. The highest BCUT2D eigenvalue weighted by molar-refractivity contribution is 7.89. The lowest BCUT2D eigenvalue weighted by atomic mass is 9.90. The summed E-state index contributed by atoms with van der Waals surface area (Å²) in [4.78, 5) is 51.2. The summed E-state index contributed by atoms with van der Waals surface area (Å²) in [7, 11) is -4.23. The third-order valence-electron chi connectivity index (χ3n) is 8.54. The number of primary sulfonamides is 1. The van der Waals surface area contributed by atoms with Crippen LogP contribution in [-0.4, -0.2) is 80.6 Å². The largest absolute Gasteiger partial charge is 0.467 e. The lowest BCUT2D eigenvalue weighted by Gasteiger charge is -2.52. The second kappa shape index (κ2) is 19.0. The van der Waals surface area contributed by atoms with Gasteiger partial charge >= 0.3 is 24.0 Å². The first-order chi connectivity index (χ1) is 25.9. The molecule has 1 amide bonds. The van der Waals surface area contributed by atoms with E-state index in [1.165, 1.54) is 23.3 Å². The summed E-state index contributed by atoms with van der Waals surface area (Å²) in [6.07, 6.45) is 1.37. The summed E-state index contributed by atoms with van der Waals surface area (Å²) in [5, 5.41) is 19.8. The van der Waals surface area contributed by atoms with E-state index in [0.717, 1.165) is 6.07 Å². The highest BCUT2D eigenvalue weighted by Crippen LogP contribution is 2.40. The minimum Gasteiger partial charge on any atom is -0.467 e. The number of sulfonamides is 1. The molecule has 4 N–H and O–H groups in total. The molecule has 0 aliphatic carbocycles. The number of morpholine rings is 1. The second-order valence-corrected chi connectivity index (χ2v) is 15.5. The van der Waals surface area contributed by atoms with Crippen molar-refractivity contribution in [1.29, 1.82) is 0 Å². The minimum atomic E-state index is -4.23. The van der Waals surface area contributed by atoms with Crippen LogP contribution in [0.4, 0.5) is 10.5 Å². The highest BCUT2D eigenvalue weighted by Gasteiger charge is 2.53. The maximum atomic E-state index is 13.1.